The van der Waals surface area contributed by atoms with E-state index in [1.54, 1.807) is 41.5 Å². The Morgan fingerprint density at radius 3 is 1.10 bits per heavy atom. The fourth-order valence-corrected chi connectivity index (χ4v) is 16.2. The maximum absolute atomic E-state index is 14.2. The number of ether oxygens (including phenoxy) is 2. The summed E-state index contributed by atoms with van der Waals surface area (Å²) in [4.78, 5) is 77.9. The van der Waals surface area contributed by atoms with Crippen molar-refractivity contribution in [1.82, 2.24) is 9.80 Å². The number of unbranched alkanes of at least 4 members (excludes halogenated alkanes) is 2. The molecule has 8 atom stereocenters. The molecule has 500 valence electrons. The van der Waals surface area contributed by atoms with Crippen LogP contribution in [0.15, 0.2) is 60.7 Å². The van der Waals surface area contributed by atoms with Gasteiger partial charge in [-0.1, -0.05) is 181 Å². The molecule has 88 heavy (non-hydrogen) atoms. The van der Waals surface area contributed by atoms with Crippen LogP contribution in [0.25, 0.3) is 0 Å². The van der Waals surface area contributed by atoms with Crippen LogP contribution in [0, 0.1) is 35.5 Å². The second-order valence-electron chi connectivity index (χ2n) is 23.0. The number of esters is 2. The largest absolute Gasteiger partial charge is 1.00 e. The van der Waals surface area contributed by atoms with Crippen molar-refractivity contribution < 1.29 is 176 Å². The van der Waals surface area contributed by atoms with Crippen LogP contribution in [-0.2, 0) is 69.3 Å². The Balaban J connectivity index is -0.000000343. The van der Waals surface area contributed by atoms with E-state index in [-0.39, 0.29) is 227 Å². The van der Waals surface area contributed by atoms with Crippen LogP contribution < -0.4 is 109 Å². The fraction of sp³-hybridized carbons (Fsp3) is 0.710. The molecular formula is C62H110CsN2NaO16P2S4. The van der Waals surface area contributed by atoms with Gasteiger partial charge in [0.1, 0.15) is 12.3 Å². The minimum atomic E-state index is -3.62. The molecule has 2 saturated carbocycles. The van der Waals surface area contributed by atoms with Crippen LogP contribution in [0.4, 0.5) is 0 Å². The van der Waals surface area contributed by atoms with Crippen LogP contribution in [-0.4, -0.2) is 119 Å². The van der Waals surface area contributed by atoms with Crippen molar-refractivity contribution in [3.63, 3.8) is 0 Å². The normalized spacial score (nSPS) is 19.9. The fourth-order valence-electron chi connectivity index (χ4n) is 11.6. The van der Waals surface area contributed by atoms with Crippen LogP contribution >= 0.6 is 68.7 Å². The summed E-state index contributed by atoms with van der Waals surface area (Å²) in [7, 11) is -7.23. The van der Waals surface area contributed by atoms with Crippen molar-refractivity contribution in [2.75, 3.05) is 37.7 Å². The minimum absolute atomic E-state index is 0. The Morgan fingerprint density at radius 2 is 0.830 bits per heavy atom. The number of likely N-dealkylation sites (tertiary alicyclic amines) is 2. The molecule has 6 rings (SSSR count). The number of aliphatic carboxylic acids is 2. The van der Waals surface area contributed by atoms with Gasteiger partial charge in [0.2, 0.25) is 39.1 Å². The Labute approximate surface area is 636 Å². The van der Waals surface area contributed by atoms with E-state index in [4.69, 9.17) is 18.5 Å². The molecule has 26 heteroatoms. The van der Waals surface area contributed by atoms with Crippen LogP contribution in [0.5, 0.6) is 0 Å². The summed E-state index contributed by atoms with van der Waals surface area (Å²) in [5, 5.41) is 24.0. The monoisotopic (exact) mass is 1480 g/mol. The summed E-state index contributed by atoms with van der Waals surface area (Å²) in [6.07, 6.45) is 13.8. The number of hydrogen-bond donors (Lipinski definition) is 0. The first-order valence-electron chi connectivity index (χ1n) is 29.2. The molecule has 2 amide bonds. The number of aryl methyl sites for hydroxylation is 2. The van der Waals surface area contributed by atoms with E-state index >= 15 is 0 Å². The van der Waals surface area contributed by atoms with E-state index in [0.717, 1.165) is 77.0 Å². The summed E-state index contributed by atoms with van der Waals surface area (Å²) < 4.78 is 51.3. The molecule has 4 aliphatic rings. The molecule has 0 unspecified atom stereocenters. The zero-order valence-corrected chi connectivity index (χ0v) is 66.5. The molecule has 18 nitrogen and oxygen atoms in total. The molecule has 4 N–H and O–H groups in total. The third-order valence-electron chi connectivity index (χ3n) is 16.1. The number of rotatable bonds is 28. The van der Waals surface area contributed by atoms with Gasteiger partial charge in [0.15, 0.2) is 0 Å². The summed E-state index contributed by atoms with van der Waals surface area (Å²) in [6, 6.07) is 17.9. The molecule has 2 aromatic carbocycles. The van der Waals surface area contributed by atoms with Gasteiger partial charge in [0, 0.05) is 50.1 Å². The van der Waals surface area contributed by atoms with E-state index in [0.29, 0.717) is 50.6 Å². The van der Waals surface area contributed by atoms with Gasteiger partial charge in [0.25, 0.3) is 0 Å². The zero-order valence-electron chi connectivity index (χ0n) is 52.4. The van der Waals surface area contributed by atoms with E-state index in [1.807, 2.05) is 60.7 Å². The molecule has 2 aliphatic heterocycles. The van der Waals surface area contributed by atoms with Gasteiger partial charge in [0.05, 0.1) is 24.0 Å². The van der Waals surface area contributed by atoms with E-state index in [9.17, 15) is 48.1 Å². The van der Waals surface area contributed by atoms with Gasteiger partial charge in [-0.3, -0.25) is 37.4 Å². The topological polar surface area (TPSA) is 289 Å². The predicted octanol–water partition coefficient (Wildman–Crippen LogP) is 3.66. The van der Waals surface area contributed by atoms with E-state index in [1.165, 1.54) is 33.8 Å². The Bertz CT molecular complexity index is 2190. The number of amides is 2. The maximum atomic E-state index is 14.2. The van der Waals surface area contributed by atoms with Crippen molar-refractivity contribution >= 4 is 104 Å². The van der Waals surface area contributed by atoms with E-state index < -0.39 is 87.4 Å². The molecule has 2 saturated heterocycles. The van der Waals surface area contributed by atoms with Gasteiger partial charge in [-0.2, -0.15) is 54.0 Å². The van der Waals surface area contributed by atoms with Crippen LogP contribution in [0.2, 0.25) is 0 Å². The standard InChI is InChI=1S/2C30H46NO7P.2CH4.Cs.Na.2H2O.4H2S/c2*1-4-28(33)37-30(22(2)3)38-39(36,18-12-11-15-23-13-7-5-8-14-23)21-27(32)31-20-25(19-26(31)29(34)35)24-16-9-6-10-17-24;;;;;;;;;;/h2*5,7-8,13-14,22,24-26,30H,4,6,9-12,15-21H2,1-3H3,(H,34,35);2*1H4;;;6*1H2/q;;;;2*+1;;;;;;/p-2/t2*25-,26+,30+,39-;;;;;;;;;;/m11........../s1. The van der Waals surface area contributed by atoms with Gasteiger partial charge in [-0.05, 0) is 86.2 Å². The first kappa shape index (κ1) is 99.1. The number of nitrogens with zero attached hydrogens (tertiary/aromatic N) is 2. The molecular weight excluding hydrogens is 1370 g/mol. The van der Waals surface area contributed by atoms with Crippen molar-refractivity contribution in [1.29, 1.82) is 0 Å². The maximum Gasteiger partial charge on any atom is 1.00 e. The zero-order chi connectivity index (χ0) is 56.8. The Hall–Kier alpha value is 0.0119. The number of hydrogen-bond acceptors (Lipinski definition) is 14. The van der Waals surface area contributed by atoms with E-state index in [2.05, 4.69) is 0 Å². The van der Waals surface area contributed by atoms with Crippen molar-refractivity contribution in [3.8, 4) is 0 Å². The molecule has 2 aromatic rings. The Morgan fingerprint density at radius 1 is 0.523 bits per heavy atom. The number of benzene rings is 2. The average molecular weight is 1490 g/mol. The van der Waals surface area contributed by atoms with Crippen molar-refractivity contribution in [2.45, 2.75) is 209 Å². The molecule has 0 aromatic heterocycles. The quantitative estimate of drug-likeness (QED) is 0.0387. The summed E-state index contributed by atoms with van der Waals surface area (Å²) in [5.41, 5.74) is 2.34. The summed E-state index contributed by atoms with van der Waals surface area (Å²) >= 11 is 0. The first-order chi connectivity index (χ1) is 37.2. The van der Waals surface area contributed by atoms with Crippen LogP contribution in [0.3, 0.4) is 0 Å². The number of carbonyl (C=O) groups is 6. The summed E-state index contributed by atoms with van der Waals surface area (Å²) in [6.45, 7) is 11.2. The molecule has 0 bridgehead atoms. The molecule has 2 aliphatic carbocycles. The van der Waals surface area contributed by atoms with Gasteiger partial charge < -0.3 is 50.0 Å². The number of carboxylic acid groups (broad SMARTS) is 2. The van der Waals surface area contributed by atoms with Gasteiger partial charge in [-0.25, -0.2) is 0 Å². The second-order valence-corrected chi connectivity index (χ2v) is 28.2. The molecule has 2 heterocycles. The molecule has 0 radical (unpaired) electrons. The summed E-state index contributed by atoms with van der Waals surface area (Å²) in [5.74, 6) is -3.97. The predicted molar refractivity (Wildman–Crippen MR) is 358 cm³/mol. The van der Waals surface area contributed by atoms with Crippen LogP contribution in [0.1, 0.15) is 183 Å². The first-order valence-corrected chi connectivity index (χ1v) is 33.2. The Kier molecular flexibility index (Phi) is 57.8. The van der Waals surface area contributed by atoms with Gasteiger partial charge >= 0.3 is 110 Å². The SMILES string of the molecule is C.C.CCC(=O)O[C@@H](O[P@](=O)(CCCCc1ccccc1)CC(=O)N1C[C@H](C2CCCCC2)C[C@H]1C(=O)[O-])C(C)C.CCC(=O)O[C@@H](O[P@](=O)(CCCCc1ccccc1)CC(=O)N1C[C@H](C2CCCCC2)C[C@H]1C(=O)[O-])C(C)C.O.O.S.S.S.S.[Cs+].[Na+]. The molecule has 0 spiro atoms. The number of carbonyl (C=O) groups excluding carboxylic acids is 6. The third kappa shape index (κ3) is 33.6. The smallest absolute Gasteiger partial charge is 0.548 e. The molecule has 4 fully saturated rings. The number of carboxylic acids is 2. The van der Waals surface area contributed by atoms with Crippen molar-refractivity contribution in [3.05, 3.63) is 71.8 Å². The second kappa shape index (κ2) is 51.3. The van der Waals surface area contributed by atoms with Gasteiger partial charge in [-0.15, -0.1) is 0 Å². The minimum Gasteiger partial charge on any atom is -0.548 e. The van der Waals surface area contributed by atoms with Crippen molar-refractivity contribution in [2.24, 2.45) is 35.5 Å². The third-order valence-corrected chi connectivity index (χ3v) is 20.8. The average Bonchev–Trinajstić information content (AvgIpc) is 3.48.